The first-order chi connectivity index (χ1) is 12.2. The molecule has 2 heterocycles. The van der Waals surface area contributed by atoms with Crippen molar-refractivity contribution < 1.29 is 14.0 Å². The smallest absolute Gasteiger partial charge is 0.257 e. The normalized spacial score (nSPS) is 19.2. The molecule has 0 aliphatic carbocycles. The third-order valence-electron chi connectivity index (χ3n) is 4.60. The fourth-order valence-corrected chi connectivity index (χ4v) is 3.12. The number of nitrogens with zero attached hydrogens (tertiary/aromatic N) is 4. The topological polar surface area (TPSA) is 63.9 Å². The van der Waals surface area contributed by atoms with Crippen LogP contribution in [-0.4, -0.2) is 73.0 Å². The fraction of sp³-hybridized carbons (Fsp3) is 0.556. The predicted molar refractivity (Wildman–Crippen MR) is 94.5 cm³/mol. The van der Waals surface area contributed by atoms with E-state index in [1.807, 2.05) is 24.3 Å². The van der Waals surface area contributed by atoms with Crippen molar-refractivity contribution in [3.63, 3.8) is 0 Å². The Hall–Kier alpha value is -1.96. The Labute approximate surface area is 148 Å². The number of aromatic nitrogens is 2. The maximum atomic E-state index is 5.41. The van der Waals surface area contributed by atoms with Crippen molar-refractivity contribution in [3.8, 4) is 17.2 Å². The number of benzene rings is 1. The standard InChI is InChI=1S/C18H26N4O3/c1-14-12-21(8-9-22(14)10-11-23-2)13-17-19-18(25-20-17)15-4-6-16(24-3)7-5-15/h4-7,14H,8-13H2,1-3H3. The van der Waals surface area contributed by atoms with E-state index in [1.54, 1.807) is 14.2 Å². The minimum atomic E-state index is 0.497. The van der Waals surface area contributed by atoms with Crippen molar-refractivity contribution in [3.05, 3.63) is 30.1 Å². The van der Waals surface area contributed by atoms with E-state index in [1.165, 1.54) is 0 Å². The van der Waals surface area contributed by atoms with Gasteiger partial charge in [-0.3, -0.25) is 9.80 Å². The molecule has 1 aliphatic rings. The minimum Gasteiger partial charge on any atom is -0.497 e. The van der Waals surface area contributed by atoms with Crippen LogP contribution in [-0.2, 0) is 11.3 Å². The number of piperazine rings is 1. The van der Waals surface area contributed by atoms with Gasteiger partial charge in [0.1, 0.15) is 5.75 Å². The van der Waals surface area contributed by atoms with Crippen LogP contribution >= 0.6 is 0 Å². The van der Waals surface area contributed by atoms with E-state index >= 15 is 0 Å². The molecule has 1 aromatic heterocycles. The van der Waals surface area contributed by atoms with Crippen LogP contribution in [0.15, 0.2) is 28.8 Å². The summed E-state index contributed by atoms with van der Waals surface area (Å²) in [6, 6.07) is 8.12. The average Bonchev–Trinajstić information content (AvgIpc) is 3.09. The molecule has 0 saturated carbocycles. The van der Waals surface area contributed by atoms with Gasteiger partial charge in [-0.1, -0.05) is 5.16 Å². The molecular weight excluding hydrogens is 320 g/mol. The van der Waals surface area contributed by atoms with Crippen molar-refractivity contribution in [1.29, 1.82) is 0 Å². The van der Waals surface area contributed by atoms with Crippen LogP contribution < -0.4 is 4.74 Å². The molecule has 1 atom stereocenters. The van der Waals surface area contributed by atoms with Gasteiger partial charge in [-0.05, 0) is 31.2 Å². The largest absolute Gasteiger partial charge is 0.497 e. The number of hydrogen-bond acceptors (Lipinski definition) is 7. The molecule has 0 spiro atoms. The van der Waals surface area contributed by atoms with Gasteiger partial charge < -0.3 is 14.0 Å². The molecule has 1 aliphatic heterocycles. The highest BCUT2D eigenvalue weighted by atomic mass is 16.5. The molecule has 25 heavy (non-hydrogen) atoms. The second-order valence-electron chi connectivity index (χ2n) is 6.36. The Balaban J connectivity index is 1.56. The zero-order valence-corrected chi connectivity index (χ0v) is 15.1. The number of methoxy groups -OCH3 is 2. The van der Waals surface area contributed by atoms with Gasteiger partial charge in [0, 0.05) is 44.9 Å². The third-order valence-corrected chi connectivity index (χ3v) is 4.60. The Morgan fingerprint density at radius 2 is 2.00 bits per heavy atom. The lowest BCUT2D eigenvalue weighted by Crippen LogP contribution is -2.52. The number of rotatable bonds is 7. The highest BCUT2D eigenvalue weighted by molar-refractivity contribution is 5.54. The van der Waals surface area contributed by atoms with E-state index in [-0.39, 0.29) is 0 Å². The summed E-state index contributed by atoms with van der Waals surface area (Å²) in [5.41, 5.74) is 0.900. The van der Waals surface area contributed by atoms with Gasteiger partial charge in [0.2, 0.25) is 0 Å². The summed E-state index contributed by atoms with van der Waals surface area (Å²) in [5, 5.41) is 4.13. The van der Waals surface area contributed by atoms with E-state index in [0.29, 0.717) is 18.5 Å². The van der Waals surface area contributed by atoms with E-state index in [0.717, 1.165) is 49.9 Å². The summed E-state index contributed by atoms with van der Waals surface area (Å²) in [7, 11) is 3.40. The fourth-order valence-electron chi connectivity index (χ4n) is 3.12. The van der Waals surface area contributed by atoms with Crippen molar-refractivity contribution in [2.75, 3.05) is 47.0 Å². The Morgan fingerprint density at radius 3 is 2.68 bits per heavy atom. The maximum Gasteiger partial charge on any atom is 0.257 e. The van der Waals surface area contributed by atoms with E-state index in [2.05, 4.69) is 26.9 Å². The lowest BCUT2D eigenvalue weighted by Gasteiger charge is -2.39. The molecule has 2 aromatic rings. The molecule has 0 radical (unpaired) electrons. The van der Waals surface area contributed by atoms with Gasteiger partial charge in [-0.25, -0.2) is 0 Å². The van der Waals surface area contributed by atoms with E-state index in [4.69, 9.17) is 14.0 Å². The molecule has 0 bridgehead atoms. The minimum absolute atomic E-state index is 0.497. The summed E-state index contributed by atoms with van der Waals surface area (Å²) in [4.78, 5) is 9.36. The van der Waals surface area contributed by atoms with Crippen molar-refractivity contribution in [1.82, 2.24) is 19.9 Å². The average molecular weight is 346 g/mol. The molecule has 1 saturated heterocycles. The second kappa shape index (κ2) is 8.42. The quantitative estimate of drug-likeness (QED) is 0.758. The highest BCUT2D eigenvalue weighted by Gasteiger charge is 2.24. The van der Waals surface area contributed by atoms with Crippen LogP contribution in [0.25, 0.3) is 11.5 Å². The van der Waals surface area contributed by atoms with Crippen LogP contribution in [0.1, 0.15) is 12.7 Å². The molecule has 1 fully saturated rings. The van der Waals surface area contributed by atoms with Crippen LogP contribution in [0.5, 0.6) is 5.75 Å². The van der Waals surface area contributed by atoms with Gasteiger partial charge >= 0.3 is 0 Å². The first-order valence-corrected chi connectivity index (χ1v) is 8.62. The van der Waals surface area contributed by atoms with E-state index in [9.17, 15) is 0 Å². The first kappa shape index (κ1) is 17.8. The lowest BCUT2D eigenvalue weighted by atomic mass is 10.2. The molecule has 0 N–H and O–H groups in total. The molecule has 7 heteroatoms. The van der Waals surface area contributed by atoms with Gasteiger partial charge in [0.15, 0.2) is 5.82 Å². The molecule has 1 unspecified atom stereocenters. The van der Waals surface area contributed by atoms with Crippen LogP contribution in [0, 0.1) is 0 Å². The highest BCUT2D eigenvalue weighted by Crippen LogP contribution is 2.21. The summed E-state index contributed by atoms with van der Waals surface area (Å²) in [5.74, 6) is 2.08. The zero-order chi connectivity index (χ0) is 17.6. The summed E-state index contributed by atoms with van der Waals surface area (Å²) >= 11 is 0. The summed E-state index contributed by atoms with van der Waals surface area (Å²) in [6.07, 6.45) is 0. The van der Waals surface area contributed by atoms with Gasteiger partial charge in [-0.15, -0.1) is 0 Å². The van der Waals surface area contributed by atoms with Crippen molar-refractivity contribution >= 4 is 0 Å². The Kier molecular flexibility index (Phi) is 6.01. The summed E-state index contributed by atoms with van der Waals surface area (Å²) < 4.78 is 15.8. The van der Waals surface area contributed by atoms with E-state index < -0.39 is 0 Å². The van der Waals surface area contributed by atoms with Crippen molar-refractivity contribution in [2.24, 2.45) is 0 Å². The zero-order valence-electron chi connectivity index (χ0n) is 15.1. The Morgan fingerprint density at radius 1 is 1.20 bits per heavy atom. The van der Waals surface area contributed by atoms with Crippen LogP contribution in [0.4, 0.5) is 0 Å². The Bertz CT molecular complexity index is 659. The molecule has 136 valence electrons. The summed E-state index contributed by atoms with van der Waals surface area (Å²) in [6.45, 7) is 7.75. The van der Waals surface area contributed by atoms with Crippen LogP contribution in [0.2, 0.25) is 0 Å². The first-order valence-electron chi connectivity index (χ1n) is 8.62. The second-order valence-corrected chi connectivity index (χ2v) is 6.36. The lowest BCUT2D eigenvalue weighted by molar-refractivity contribution is 0.0543. The molecule has 3 rings (SSSR count). The van der Waals surface area contributed by atoms with Gasteiger partial charge in [-0.2, -0.15) is 4.98 Å². The SMILES string of the molecule is COCCN1CCN(Cc2noc(-c3ccc(OC)cc3)n2)CC1C. The molecule has 1 aromatic carbocycles. The molecule has 0 amide bonds. The predicted octanol–water partition coefficient (Wildman–Crippen LogP) is 1.90. The van der Waals surface area contributed by atoms with Gasteiger partial charge in [0.05, 0.1) is 20.3 Å². The number of ether oxygens (including phenoxy) is 2. The number of hydrogen-bond donors (Lipinski definition) is 0. The van der Waals surface area contributed by atoms with Gasteiger partial charge in [0.25, 0.3) is 5.89 Å². The molecular formula is C18H26N4O3. The third kappa shape index (κ3) is 4.56. The van der Waals surface area contributed by atoms with Crippen molar-refractivity contribution in [2.45, 2.75) is 19.5 Å². The monoisotopic (exact) mass is 346 g/mol. The maximum absolute atomic E-state index is 5.41. The van der Waals surface area contributed by atoms with Crippen LogP contribution in [0.3, 0.4) is 0 Å². The molecule has 7 nitrogen and oxygen atoms in total.